The van der Waals surface area contributed by atoms with Crippen LogP contribution >= 0.6 is 11.6 Å². The lowest BCUT2D eigenvalue weighted by molar-refractivity contribution is -0.140. The van der Waals surface area contributed by atoms with Crippen LogP contribution in [0.4, 0.5) is 0 Å². The van der Waals surface area contributed by atoms with Crippen molar-refractivity contribution >= 4 is 17.6 Å². The molecule has 5 heteroatoms. The van der Waals surface area contributed by atoms with Gasteiger partial charge in [-0.15, -0.1) is 0 Å². The largest absolute Gasteiger partial charge is 0.480 e. The van der Waals surface area contributed by atoms with E-state index in [1.165, 1.54) is 4.68 Å². The molecule has 1 aromatic rings. The Hall–Kier alpha value is -1.03. The van der Waals surface area contributed by atoms with Crippen molar-refractivity contribution in [3.8, 4) is 0 Å². The molecule has 0 amide bonds. The number of carbonyl (C=O) groups is 1. The summed E-state index contributed by atoms with van der Waals surface area (Å²) in [6.07, 6.45) is 2.25. The number of rotatable bonds is 3. The molecule has 0 aliphatic rings. The van der Waals surface area contributed by atoms with Crippen molar-refractivity contribution in [1.29, 1.82) is 0 Å². The van der Waals surface area contributed by atoms with Crippen LogP contribution in [-0.4, -0.2) is 20.9 Å². The first-order valence-corrected chi connectivity index (χ1v) is 4.40. The standard InChI is InChI=1S/C8H11ClN2O2/c1-3-7-6(9)4-11(10-7)5(2)8(12)13/h4-5H,3H2,1-2H3,(H,12,13). The molecular weight excluding hydrogens is 192 g/mol. The van der Waals surface area contributed by atoms with Gasteiger partial charge in [0.1, 0.15) is 6.04 Å². The molecule has 0 saturated heterocycles. The fourth-order valence-corrected chi connectivity index (χ4v) is 1.23. The third-order valence-corrected chi connectivity index (χ3v) is 2.16. The third kappa shape index (κ3) is 2.01. The molecule has 0 radical (unpaired) electrons. The van der Waals surface area contributed by atoms with Crippen molar-refractivity contribution in [1.82, 2.24) is 9.78 Å². The van der Waals surface area contributed by atoms with Gasteiger partial charge in [0.15, 0.2) is 0 Å². The zero-order chi connectivity index (χ0) is 10.0. The van der Waals surface area contributed by atoms with Gasteiger partial charge in [-0.3, -0.25) is 4.68 Å². The summed E-state index contributed by atoms with van der Waals surface area (Å²) in [5.41, 5.74) is 0.731. The molecule has 4 nitrogen and oxygen atoms in total. The van der Waals surface area contributed by atoms with Crippen molar-refractivity contribution in [2.75, 3.05) is 0 Å². The molecule has 72 valence electrons. The van der Waals surface area contributed by atoms with Crippen LogP contribution in [0.25, 0.3) is 0 Å². The maximum absolute atomic E-state index is 10.6. The molecule has 0 fully saturated rings. The Morgan fingerprint density at radius 2 is 2.46 bits per heavy atom. The van der Waals surface area contributed by atoms with Gasteiger partial charge in [-0.05, 0) is 13.3 Å². The summed E-state index contributed by atoms with van der Waals surface area (Å²) in [6, 6.07) is -0.669. The minimum atomic E-state index is -0.915. The fourth-order valence-electron chi connectivity index (χ4n) is 0.958. The number of nitrogens with zero attached hydrogens (tertiary/aromatic N) is 2. The van der Waals surface area contributed by atoms with Crippen LogP contribution in [-0.2, 0) is 11.2 Å². The molecule has 0 bridgehead atoms. The second-order valence-electron chi connectivity index (χ2n) is 2.77. The van der Waals surface area contributed by atoms with Gasteiger partial charge < -0.3 is 5.11 Å². The molecule has 1 heterocycles. The van der Waals surface area contributed by atoms with E-state index in [2.05, 4.69) is 5.10 Å². The summed E-state index contributed by atoms with van der Waals surface area (Å²) in [5, 5.41) is 13.3. The maximum atomic E-state index is 10.6. The number of aryl methyl sites for hydroxylation is 1. The fraction of sp³-hybridized carbons (Fsp3) is 0.500. The molecule has 1 rings (SSSR count). The summed E-state index contributed by atoms with van der Waals surface area (Å²) in [5.74, 6) is -0.915. The predicted molar refractivity (Wildman–Crippen MR) is 49.0 cm³/mol. The molecule has 0 aromatic carbocycles. The van der Waals surface area contributed by atoms with E-state index in [0.717, 1.165) is 5.69 Å². The maximum Gasteiger partial charge on any atom is 0.328 e. The smallest absolute Gasteiger partial charge is 0.328 e. The predicted octanol–water partition coefficient (Wildman–Crippen LogP) is 1.74. The zero-order valence-corrected chi connectivity index (χ0v) is 8.25. The molecule has 13 heavy (non-hydrogen) atoms. The van der Waals surface area contributed by atoms with Gasteiger partial charge in [-0.25, -0.2) is 4.79 Å². The van der Waals surface area contributed by atoms with Crippen LogP contribution in [0.5, 0.6) is 0 Å². The second-order valence-corrected chi connectivity index (χ2v) is 3.18. The van der Waals surface area contributed by atoms with Crippen LogP contribution < -0.4 is 0 Å². The monoisotopic (exact) mass is 202 g/mol. The summed E-state index contributed by atoms with van der Waals surface area (Å²) >= 11 is 5.82. The number of hydrogen-bond acceptors (Lipinski definition) is 2. The molecular formula is C8H11ClN2O2. The van der Waals surface area contributed by atoms with Crippen molar-refractivity contribution in [2.24, 2.45) is 0 Å². The average Bonchev–Trinajstić information content (AvgIpc) is 2.45. The molecule has 1 atom stereocenters. The minimum absolute atomic E-state index is 0.524. The average molecular weight is 203 g/mol. The van der Waals surface area contributed by atoms with Crippen LogP contribution in [0, 0.1) is 0 Å². The van der Waals surface area contributed by atoms with Gasteiger partial charge in [0.05, 0.1) is 10.7 Å². The van der Waals surface area contributed by atoms with E-state index in [4.69, 9.17) is 16.7 Å². The van der Waals surface area contributed by atoms with Crippen LogP contribution in [0.15, 0.2) is 6.20 Å². The van der Waals surface area contributed by atoms with E-state index in [1.54, 1.807) is 13.1 Å². The lowest BCUT2D eigenvalue weighted by atomic mass is 10.3. The van der Waals surface area contributed by atoms with Crippen LogP contribution in [0.2, 0.25) is 5.02 Å². The summed E-state index contributed by atoms with van der Waals surface area (Å²) < 4.78 is 1.36. The van der Waals surface area contributed by atoms with Crippen molar-refractivity contribution in [3.63, 3.8) is 0 Å². The Morgan fingerprint density at radius 1 is 1.85 bits per heavy atom. The molecule has 1 aromatic heterocycles. The Labute approximate surface area is 81.1 Å². The Morgan fingerprint density at radius 3 is 2.85 bits per heavy atom. The topological polar surface area (TPSA) is 55.1 Å². The number of aliphatic carboxylic acids is 1. The Bertz CT molecular complexity index is 322. The third-order valence-electron chi connectivity index (χ3n) is 1.85. The number of hydrogen-bond donors (Lipinski definition) is 1. The normalized spacial score (nSPS) is 12.8. The van der Waals surface area contributed by atoms with Crippen molar-refractivity contribution in [2.45, 2.75) is 26.3 Å². The van der Waals surface area contributed by atoms with E-state index in [-0.39, 0.29) is 0 Å². The summed E-state index contributed by atoms with van der Waals surface area (Å²) in [7, 11) is 0. The quantitative estimate of drug-likeness (QED) is 0.813. The van der Waals surface area contributed by atoms with Crippen LogP contribution in [0.3, 0.4) is 0 Å². The van der Waals surface area contributed by atoms with Crippen molar-refractivity contribution in [3.05, 3.63) is 16.9 Å². The molecule has 0 spiro atoms. The number of carboxylic acids is 1. The molecule has 1 unspecified atom stereocenters. The molecule has 0 aliphatic heterocycles. The van der Waals surface area contributed by atoms with E-state index in [1.807, 2.05) is 6.92 Å². The highest BCUT2D eigenvalue weighted by atomic mass is 35.5. The zero-order valence-electron chi connectivity index (χ0n) is 7.49. The second kappa shape index (κ2) is 3.79. The van der Waals surface area contributed by atoms with Crippen molar-refractivity contribution < 1.29 is 9.90 Å². The first kappa shape index (κ1) is 10.1. The lowest BCUT2D eigenvalue weighted by Gasteiger charge is -2.04. The highest BCUT2D eigenvalue weighted by Gasteiger charge is 2.15. The van der Waals surface area contributed by atoms with Gasteiger partial charge in [0.25, 0.3) is 0 Å². The molecule has 1 N–H and O–H groups in total. The highest BCUT2D eigenvalue weighted by Crippen LogP contribution is 2.17. The van der Waals surface area contributed by atoms with Gasteiger partial charge in [0, 0.05) is 6.20 Å². The Balaban J connectivity index is 2.96. The highest BCUT2D eigenvalue weighted by molar-refractivity contribution is 6.31. The van der Waals surface area contributed by atoms with Gasteiger partial charge in [-0.1, -0.05) is 18.5 Å². The van der Waals surface area contributed by atoms with E-state index in [0.29, 0.717) is 11.4 Å². The summed E-state index contributed by atoms with van der Waals surface area (Å²) in [6.45, 7) is 3.48. The van der Waals surface area contributed by atoms with Crippen LogP contribution in [0.1, 0.15) is 25.6 Å². The van der Waals surface area contributed by atoms with Gasteiger partial charge in [-0.2, -0.15) is 5.10 Å². The Kier molecular flexibility index (Phi) is 2.93. The summed E-state index contributed by atoms with van der Waals surface area (Å²) in [4.78, 5) is 10.6. The molecule has 0 saturated carbocycles. The van der Waals surface area contributed by atoms with E-state index < -0.39 is 12.0 Å². The number of carboxylic acid groups (broad SMARTS) is 1. The first-order chi connectivity index (χ1) is 6.06. The van der Waals surface area contributed by atoms with Gasteiger partial charge in [0.2, 0.25) is 0 Å². The van der Waals surface area contributed by atoms with Gasteiger partial charge >= 0.3 is 5.97 Å². The minimum Gasteiger partial charge on any atom is -0.480 e. The molecule has 0 aliphatic carbocycles. The lowest BCUT2D eigenvalue weighted by Crippen LogP contribution is -2.16. The van der Waals surface area contributed by atoms with E-state index in [9.17, 15) is 4.79 Å². The number of halogens is 1. The van der Waals surface area contributed by atoms with E-state index >= 15 is 0 Å². The number of aromatic nitrogens is 2. The first-order valence-electron chi connectivity index (χ1n) is 4.02. The SMILES string of the molecule is CCc1nn(C(C)C(=O)O)cc1Cl.